The molecule has 1 aliphatic heterocycles. The third kappa shape index (κ3) is 5.72. The van der Waals surface area contributed by atoms with Crippen molar-refractivity contribution in [2.24, 2.45) is 0 Å². The number of nitrogens with zero attached hydrogens (tertiary/aromatic N) is 2. The molecule has 2 aromatic carbocycles. The van der Waals surface area contributed by atoms with Crippen LogP contribution in [-0.2, 0) is 6.54 Å². The van der Waals surface area contributed by atoms with Crippen molar-refractivity contribution in [2.45, 2.75) is 25.4 Å². The minimum Gasteiger partial charge on any atom is -0.382 e. The number of rotatable bonds is 6. The number of aromatic nitrogens is 2. The van der Waals surface area contributed by atoms with Crippen molar-refractivity contribution in [1.29, 1.82) is 0 Å². The number of halogens is 3. The van der Waals surface area contributed by atoms with Crippen molar-refractivity contribution in [3.63, 3.8) is 0 Å². The van der Waals surface area contributed by atoms with E-state index in [0.717, 1.165) is 31.5 Å². The second-order valence-electron chi connectivity index (χ2n) is 8.09. The van der Waals surface area contributed by atoms with E-state index in [1.54, 1.807) is 12.1 Å². The van der Waals surface area contributed by atoms with Gasteiger partial charge < -0.3 is 21.7 Å². The summed E-state index contributed by atoms with van der Waals surface area (Å²) >= 11 is 5.70. The molecule has 0 unspecified atom stereocenters. The van der Waals surface area contributed by atoms with E-state index < -0.39 is 23.4 Å². The molecule has 4 rings (SSSR count). The van der Waals surface area contributed by atoms with Gasteiger partial charge in [0.1, 0.15) is 11.6 Å². The zero-order valence-corrected chi connectivity index (χ0v) is 19.3. The Bertz CT molecular complexity index is 1270. The Morgan fingerprint density at radius 3 is 2.80 bits per heavy atom. The maximum Gasteiger partial charge on any atom is 0.274 e. The topological polar surface area (TPSA) is 122 Å². The number of anilines is 1. The number of nitrogens with two attached hydrogens (primary N) is 1. The van der Waals surface area contributed by atoms with Gasteiger partial charge in [-0.3, -0.25) is 9.59 Å². The Morgan fingerprint density at radius 2 is 2.03 bits per heavy atom. The first-order valence-corrected chi connectivity index (χ1v) is 11.4. The molecule has 1 atom stereocenters. The minimum absolute atomic E-state index is 0.00478. The highest BCUT2D eigenvalue weighted by Gasteiger charge is 2.21. The van der Waals surface area contributed by atoms with E-state index in [4.69, 9.17) is 17.3 Å². The minimum atomic E-state index is -0.923. The summed E-state index contributed by atoms with van der Waals surface area (Å²) in [7, 11) is 0. The molecule has 11 heteroatoms. The second kappa shape index (κ2) is 10.7. The molecule has 2 heterocycles. The van der Waals surface area contributed by atoms with Gasteiger partial charge in [0.2, 0.25) is 0 Å². The summed E-state index contributed by atoms with van der Waals surface area (Å²) in [6.07, 6.45) is 3.21. The van der Waals surface area contributed by atoms with Gasteiger partial charge in [-0.15, -0.1) is 0 Å². The monoisotopic (exact) mass is 500 g/mol. The first kappa shape index (κ1) is 24.5. The SMILES string of the molecule is Nc1ncc(-c2cccc(C(=O)NCc3c(F)ccc(Cl)c3F)c2)nc1C(=O)N[C@H]1CCCNC1. The number of hydrogen-bond acceptors (Lipinski definition) is 6. The Morgan fingerprint density at radius 1 is 1.20 bits per heavy atom. The van der Waals surface area contributed by atoms with Crippen LogP contribution in [0.15, 0.2) is 42.6 Å². The fraction of sp³-hybridized carbons (Fsp3) is 0.250. The lowest BCUT2D eigenvalue weighted by atomic mass is 10.1. The number of carbonyl (C=O) groups is 2. The van der Waals surface area contributed by atoms with Crippen molar-refractivity contribution < 1.29 is 18.4 Å². The van der Waals surface area contributed by atoms with Crippen LogP contribution in [0.25, 0.3) is 11.3 Å². The number of piperidine rings is 1. The lowest BCUT2D eigenvalue weighted by molar-refractivity contribution is 0.0923. The van der Waals surface area contributed by atoms with Gasteiger partial charge in [0.25, 0.3) is 11.8 Å². The normalized spacial score (nSPS) is 15.5. The molecule has 2 amide bonds. The third-order valence-corrected chi connectivity index (χ3v) is 5.93. The van der Waals surface area contributed by atoms with Gasteiger partial charge in [0.15, 0.2) is 11.5 Å². The summed E-state index contributed by atoms with van der Waals surface area (Å²) in [5.74, 6) is -2.73. The van der Waals surface area contributed by atoms with E-state index in [1.807, 2.05) is 0 Å². The van der Waals surface area contributed by atoms with Crippen LogP contribution in [0.3, 0.4) is 0 Å². The van der Waals surface area contributed by atoms with E-state index in [2.05, 4.69) is 25.9 Å². The van der Waals surface area contributed by atoms with E-state index >= 15 is 0 Å². The molecule has 0 aliphatic carbocycles. The van der Waals surface area contributed by atoms with Crippen molar-refractivity contribution in [3.05, 3.63) is 76.1 Å². The molecule has 182 valence electrons. The maximum absolute atomic E-state index is 14.1. The molecule has 1 fully saturated rings. The number of nitrogens with one attached hydrogen (secondary N) is 3. The maximum atomic E-state index is 14.1. The molecule has 1 saturated heterocycles. The molecule has 1 aliphatic rings. The van der Waals surface area contributed by atoms with E-state index in [-0.39, 0.29) is 40.2 Å². The van der Waals surface area contributed by atoms with Gasteiger partial charge in [-0.2, -0.15) is 0 Å². The Labute approximate surface area is 205 Å². The first-order chi connectivity index (χ1) is 16.8. The van der Waals surface area contributed by atoms with Crippen LogP contribution in [0, 0.1) is 11.6 Å². The third-order valence-electron chi connectivity index (χ3n) is 5.63. The molecule has 0 bridgehead atoms. The van der Waals surface area contributed by atoms with Gasteiger partial charge in [-0.25, -0.2) is 18.7 Å². The zero-order chi connectivity index (χ0) is 24.9. The summed E-state index contributed by atoms with van der Waals surface area (Å²) in [6, 6.07) is 8.50. The van der Waals surface area contributed by atoms with Gasteiger partial charge in [-0.05, 0) is 43.7 Å². The average molecular weight is 501 g/mol. The van der Waals surface area contributed by atoms with Crippen LogP contribution >= 0.6 is 11.6 Å². The molecule has 0 spiro atoms. The summed E-state index contributed by atoms with van der Waals surface area (Å²) in [6.45, 7) is 1.19. The predicted octanol–water partition coefficient (Wildman–Crippen LogP) is 3.07. The molecule has 5 N–H and O–H groups in total. The summed E-state index contributed by atoms with van der Waals surface area (Å²) in [4.78, 5) is 33.8. The van der Waals surface area contributed by atoms with E-state index in [1.165, 1.54) is 18.3 Å². The van der Waals surface area contributed by atoms with Crippen LogP contribution in [0.5, 0.6) is 0 Å². The fourth-order valence-corrected chi connectivity index (χ4v) is 3.93. The largest absolute Gasteiger partial charge is 0.382 e. The molecule has 0 saturated carbocycles. The van der Waals surface area contributed by atoms with Crippen molar-refractivity contribution in [2.75, 3.05) is 18.8 Å². The molecule has 35 heavy (non-hydrogen) atoms. The molecule has 8 nitrogen and oxygen atoms in total. The van der Waals surface area contributed by atoms with Crippen LogP contribution in [0.2, 0.25) is 5.02 Å². The number of hydrogen-bond donors (Lipinski definition) is 4. The van der Waals surface area contributed by atoms with Crippen molar-refractivity contribution >= 4 is 29.2 Å². The second-order valence-corrected chi connectivity index (χ2v) is 8.50. The molecule has 0 radical (unpaired) electrons. The highest BCUT2D eigenvalue weighted by Crippen LogP contribution is 2.22. The van der Waals surface area contributed by atoms with Crippen LogP contribution in [0.4, 0.5) is 14.6 Å². The summed E-state index contributed by atoms with van der Waals surface area (Å²) in [5, 5.41) is 8.38. The smallest absolute Gasteiger partial charge is 0.274 e. The zero-order valence-electron chi connectivity index (χ0n) is 18.6. The van der Waals surface area contributed by atoms with Crippen molar-refractivity contribution in [3.8, 4) is 11.3 Å². The highest BCUT2D eigenvalue weighted by molar-refractivity contribution is 6.30. The average Bonchev–Trinajstić information content (AvgIpc) is 2.87. The van der Waals surface area contributed by atoms with Crippen LogP contribution < -0.4 is 21.7 Å². The number of nitrogen functional groups attached to an aromatic ring is 1. The quantitative estimate of drug-likeness (QED) is 0.386. The molecule has 1 aromatic heterocycles. The Hall–Kier alpha value is -3.63. The standard InChI is InChI=1S/C24H23ClF2N6O2/c25-17-6-7-18(26)16(20(17)27)11-31-23(34)14-4-1-3-13(9-14)19-12-30-22(28)21(33-19)24(35)32-15-5-2-8-29-10-15/h1,3-4,6-7,9,12,15,29H,2,5,8,10-11H2,(H2,28,30)(H,31,34)(H,32,35)/t15-/m0/s1. The van der Waals surface area contributed by atoms with Gasteiger partial charge in [-0.1, -0.05) is 23.7 Å². The van der Waals surface area contributed by atoms with Crippen molar-refractivity contribution in [1.82, 2.24) is 25.9 Å². The number of benzene rings is 2. The number of amides is 2. The van der Waals surface area contributed by atoms with Gasteiger partial charge in [0, 0.05) is 35.8 Å². The Balaban J connectivity index is 1.50. The van der Waals surface area contributed by atoms with Crippen LogP contribution in [0.1, 0.15) is 39.3 Å². The molecule has 3 aromatic rings. The lowest BCUT2D eigenvalue weighted by Crippen LogP contribution is -2.46. The first-order valence-electron chi connectivity index (χ1n) is 11.0. The van der Waals surface area contributed by atoms with Gasteiger partial charge in [0.05, 0.1) is 16.9 Å². The molecular formula is C24H23ClF2N6O2. The number of carbonyl (C=O) groups excluding carboxylic acids is 2. The van der Waals surface area contributed by atoms with E-state index in [0.29, 0.717) is 17.8 Å². The highest BCUT2D eigenvalue weighted by atomic mass is 35.5. The summed E-state index contributed by atoms with van der Waals surface area (Å²) < 4.78 is 28.0. The predicted molar refractivity (Wildman–Crippen MR) is 128 cm³/mol. The summed E-state index contributed by atoms with van der Waals surface area (Å²) in [5.41, 5.74) is 6.63. The fourth-order valence-electron chi connectivity index (χ4n) is 3.75. The van der Waals surface area contributed by atoms with E-state index in [9.17, 15) is 18.4 Å². The van der Waals surface area contributed by atoms with Gasteiger partial charge >= 0.3 is 0 Å². The lowest BCUT2D eigenvalue weighted by Gasteiger charge is -2.23. The van der Waals surface area contributed by atoms with Crippen LogP contribution in [-0.4, -0.2) is 40.9 Å². The Kier molecular flexibility index (Phi) is 7.52. The molecular weight excluding hydrogens is 478 g/mol.